The monoisotopic (exact) mass is 438 g/mol. The molecule has 178 valence electrons. The van der Waals surface area contributed by atoms with Gasteiger partial charge in [0.2, 0.25) is 0 Å². The summed E-state index contributed by atoms with van der Waals surface area (Å²) in [4.78, 5) is 11.8. The topological polar surface area (TPSA) is 37.3 Å². The summed E-state index contributed by atoms with van der Waals surface area (Å²) in [7, 11) is 0. The van der Waals surface area contributed by atoms with Crippen molar-refractivity contribution in [3.8, 4) is 0 Å². The van der Waals surface area contributed by atoms with E-state index in [9.17, 15) is 9.90 Å². The van der Waals surface area contributed by atoms with E-state index in [1.807, 2.05) is 0 Å². The lowest BCUT2D eigenvalue weighted by atomic mass is 9.57. The minimum absolute atomic E-state index is 0.215. The first-order valence-electron chi connectivity index (χ1n) is 13.6. The van der Waals surface area contributed by atoms with Crippen molar-refractivity contribution in [1.82, 2.24) is 0 Å². The highest BCUT2D eigenvalue weighted by Gasteiger charge is 2.47. The maximum atomic E-state index is 11.8. The first-order chi connectivity index (χ1) is 15.7. The van der Waals surface area contributed by atoms with E-state index in [1.165, 1.54) is 95.5 Å². The predicted molar refractivity (Wildman–Crippen MR) is 135 cm³/mol. The second-order valence-electron chi connectivity index (χ2n) is 10.6. The van der Waals surface area contributed by atoms with Crippen LogP contribution in [0.5, 0.6) is 0 Å². The zero-order valence-electron chi connectivity index (χ0n) is 20.4. The van der Waals surface area contributed by atoms with Crippen LogP contribution in [0.1, 0.15) is 115 Å². The molecule has 2 aliphatic rings. The molecule has 2 heteroatoms. The molecule has 32 heavy (non-hydrogen) atoms. The second kappa shape index (κ2) is 13.2. The summed E-state index contributed by atoms with van der Waals surface area (Å²) in [6.45, 7) is 2.26. The molecule has 0 unspecified atom stereocenters. The van der Waals surface area contributed by atoms with Gasteiger partial charge in [-0.25, -0.2) is 0 Å². The van der Waals surface area contributed by atoms with Gasteiger partial charge >= 0.3 is 5.97 Å². The number of hydrogen-bond donors (Lipinski definition) is 1. The van der Waals surface area contributed by atoms with Crippen molar-refractivity contribution in [3.05, 3.63) is 48.0 Å². The molecular weight excluding hydrogens is 392 g/mol. The molecule has 2 nitrogen and oxygen atoms in total. The van der Waals surface area contributed by atoms with Crippen LogP contribution < -0.4 is 0 Å². The van der Waals surface area contributed by atoms with Crippen molar-refractivity contribution in [1.29, 1.82) is 0 Å². The van der Waals surface area contributed by atoms with Crippen molar-refractivity contribution in [2.75, 3.05) is 0 Å². The van der Waals surface area contributed by atoms with Gasteiger partial charge in [0.25, 0.3) is 0 Å². The smallest absolute Gasteiger partial charge is 0.303 e. The van der Waals surface area contributed by atoms with Crippen LogP contribution in [0.4, 0.5) is 0 Å². The highest BCUT2D eigenvalue weighted by molar-refractivity contribution is 5.67. The fraction of sp³-hybridized carbons (Fsp3) is 0.700. The molecule has 0 heterocycles. The van der Waals surface area contributed by atoms with E-state index in [2.05, 4.69) is 49.4 Å². The Morgan fingerprint density at radius 2 is 1.72 bits per heavy atom. The van der Waals surface area contributed by atoms with Crippen molar-refractivity contribution in [2.24, 2.45) is 17.8 Å². The molecule has 2 aliphatic carbocycles. The molecule has 0 bridgehead atoms. The largest absolute Gasteiger partial charge is 0.481 e. The third-order valence-electron chi connectivity index (χ3n) is 8.46. The van der Waals surface area contributed by atoms with Gasteiger partial charge in [-0.15, -0.1) is 0 Å². The van der Waals surface area contributed by atoms with Crippen molar-refractivity contribution < 1.29 is 9.90 Å². The Morgan fingerprint density at radius 3 is 2.41 bits per heavy atom. The van der Waals surface area contributed by atoms with E-state index in [0.717, 1.165) is 6.42 Å². The lowest BCUT2D eigenvalue weighted by Crippen LogP contribution is -2.41. The Labute approximate surface area is 196 Å². The molecule has 1 aromatic carbocycles. The Bertz CT molecular complexity index is 686. The van der Waals surface area contributed by atoms with E-state index < -0.39 is 5.97 Å². The van der Waals surface area contributed by atoms with Crippen LogP contribution in [0, 0.1) is 17.8 Å². The maximum absolute atomic E-state index is 11.8. The van der Waals surface area contributed by atoms with Gasteiger partial charge in [0.1, 0.15) is 0 Å². The van der Waals surface area contributed by atoms with E-state index in [-0.39, 0.29) is 5.41 Å². The minimum atomic E-state index is -0.604. The average molecular weight is 439 g/mol. The predicted octanol–water partition coefficient (Wildman–Crippen LogP) is 8.70. The zero-order chi connectivity index (χ0) is 22.7. The molecule has 0 spiro atoms. The Hall–Kier alpha value is -1.57. The lowest BCUT2D eigenvalue weighted by Gasteiger charge is -2.47. The van der Waals surface area contributed by atoms with Crippen LogP contribution in [0.2, 0.25) is 0 Å². The van der Waals surface area contributed by atoms with Gasteiger partial charge in [0.05, 0.1) is 0 Å². The molecule has 3 rings (SSSR count). The summed E-state index contributed by atoms with van der Waals surface area (Å²) >= 11 is 0. The SMILES string of the molecule is CCCCCCC=CCCC[C@H]1CC[C@@H](C2(c3ccccc3)CCCC2)[C@H](CC(=O)O)C1. The number of benzene rings is 1. The number of aliphatic carboxylic acids is 1. The molecule has 0 aromatic heterocycles. The summed E-state index contributed by atoms with van der Waals surface area (Å²) in [5, 5.41) is 9.71. The number of carboxylic acid groups (broad SMARTS) is 1. The van der Waals surface area contributed by atoms with Gasteiger partial charge in [0, 0.05) is 6.42 Å². The second-order valence-corrected chi connectivity index (χ2v) is 10.6. The van der Waals surface area contributed by atoms with Gasteiger partial charge < -0.3 is 5.11 Å². The third-order valence-corrected chi connectivity index (χ3v) is 8.46. The maximum Gasteiger partial charge on any atom is 0.303 e. The minimum Gasteiger partial charge on any atom is -0.481 e. The summed E-state index contributed by atoms with van der Waals surface area (Å²) in [6.07, 6.45) is 24.1. The number of carboxylic acids is 1. The fourth-order valence-electron chi connectivity index (χ4n) is 6.90. The van der Waals surface area contributed by atoms with Crippen molar-refractivity contribution in [3.63, 3.8) is 0 Å². The van der Waals surface area contributed by atoms with Crippen molar-refractivity contribution >= 4 is 5.97 Å². The summed E-state index contributed by atoms with van der Waals surface area (Å²) in [6, 6.07) is 11.1. The number of hydrogen-bond acceptors (Lipinski definition) is 1. The normalized spacial score (nSPS) is 25.3. The molecule has 1 N–H and O–H groups in total. The van der Waals surface area contributed by atoms with Crippen LogP contribution in [0.3, 0.4) is 0 Å². The van der Waals surface area contributed by atoms with Crippen LogP contribution >= 0.6 is 0 Å². The quantitative estimate of drug-likeness (QED) is 0.247. The number of unbranched alkanes of at least 4 members (excludes halogenated alkanes) is 5. The van der Waals surface area contributed by atoms with Crippen LogP contribution in [0.25, 0.3) is 0 Å². The van der Waals surface area contributed by atoms with Gasteiger partial charge in [-0.1, -0.05) is 94.4 Å². The highest BCUT2D eigenvalue weighted by atomic mass is 16.4. The lowest BCUT2D eigenvalue weighted by molar-refractivity contribution is -0.139. The van der Waals surface area contributed by atoms with Crippen LogP contribution in [0.15, 0.2) is 42.5 Å². The molecule has 2 fully saturated rings. The molecule has 0 saturated heterocycles. The summed E-state index contributed by atoms with van der Waals surface area (Å²) < 4.78 is 0. The Kier molecular flexibility index (Phi) is 10.3. The zero-order valence-corrected chi connectivity index (χ0v) is 20.4. The highest BCUT2D eigenvalue weighted by Crippen LogP contribution is 2.55. The summed E-state index contributed by atoms with van der Waals surface area (Å²) in [5.74, 6) is 0.970. The van der Waals surface area contributed by atoms with Gasteiger partial charge in [0.15, 0.2) is 0 Å². The van der Waals surface area contributed by atoms with Crippen LogP contribution in [-0.2, 0) is 10.2 Å². The fourth-order valence-corrected chi connectivity index (χ4v) is 6.90. The molecule has 0 amide bonds. The van der Waals surface area contributed by atoms with E-state index in [1.54, 1.807) is 0 Å². The van der Waals surface area contributed by atoms with Crippen molar-refractivity contribution in [2.45, 2.75) is 115 Å². The molecule has 0 aliphatic heterocycles. The first-order valence-corrected chi connectivity index (χ1v) is 13.6. The number of carbonyl (C=O) groups is 1. The Morgan fingerprint density at radius 1 is 1.00 bits per heavy atom. The van der Waals surface area contributed by atoms with Gasteiger partial charge in [-0.05, 0) is 80.1 Å². The van der Waals surface area contributed by atoms with Gasteiger partial charge in [-0.3, -0.25) is 4.79 Å². The standard InChI is InChI=1S/C30H46O2/c1-2-3-4-5-6-7-8-9-11-16-25-19-20-28(26(23-25)24-29(31)32)30(21-14-15-22-30)27-17-12-10-13-18-27/h7-8,10,12-13,17-18,25-26,28H,2-6,9,11,14-16,19-24H2,1H3,(H,31,32)/t25-,26-,28+/m0/s1. The molecule has 1 aromatic rings. The van der Waals surface area contributed by atoms with Crippen LogP contribution in [-0.4, -0.2) is 11.1 Å². The number of allylic oxidation sites excluding steroid dienone is 2. The molecule has 0 radical (unpaired) electrons. The third kappa shape index (κ3) is 6.96. The molecular formula is C30H46O2. The molecule has 3 atom stereocenters. The Balaban J connectivity index is 1.55. The summed E-state index contributed by atoms with van der Waals surface area (Å²) in [5.41, 5.74) is 1.69. The first kappa shape index (κ1) is 25.1. The number of rotatable bonds is 13. The average Bonchev–Trinajstić information content (AvgIpc) is 3.29. The van der Waals surface area contributed by atoms with E-state index in [4.69, 9.17) is 0 Å². The van der Waals surface area contributed by atoms with E-state index in [0.29, 0.717) is 24.2 Å². The molecule has 2 saturated carbocycles. The van der Waals surface area contributed by atoms with Gasteiger partial charge in [-0.2, -0.15) is 0 Å². The van der Waals surface area contributed by atoms with E-state index >= 15 is 0 Å².